The van der Waals surface area contributed by atoms with Crippen molar-refractivity contribution in [3.05, 3.63) is 22.2 Å². The van der Waals surface area contributed by atoms with E-state index in [9.17, 15) is 0 Å². The molecular weight excluding hydrogens is 332 g/mol. The number of rotatable bonds is 5. The van der Waals surface area contributed by atoms with Crippen LogP contribution in [0.1, 0.15) is 38.3 Å². The van der Waals surface area contributed by atoms with E-state index in [1.807, 2.05) is 12.1 Å². The van der Waals surface area contributed by atoms with Gasteiger partial charge in [-0.05, 0) is 50.9 Å². The van der Waals surface area contributed by atoms with Crippen LogP contribution in [0.2, 0.25) is 0 Å². The SMILES string of the molecule is COc1cc(Br)c(C(CN)N2CCCC2(C)C)cc1OC. The minimum absolute atomic E-state index is 0.177. The highest BCUT2D eigenvalue weighted by molar-refractivity contribution is 9.10. The molecular formula is C16H25BrN2O2. The van der Waals surface area contributed by atoms with Crippen LogP contribution in [0.3, 0.4) is 0 Å². The summed E-state index contributed by atoms with van der Waals surface area (Å²) in [6, 6.07) is 4.17. The van der Waals surface area contributed by atoms with Crippen LogP contribution in [-0.2, 0) is 0 Å². The van der Waals surface area contributed by atoms with Gasteiger partial charge in [0.25, 0.3) is 0 Å². The first-order valence-electron chi connectivity index (χ1n) is 7.33. The molecule has 1 saturated heterocycles. The fraction of sp³-hybridized carbons (Fsp3) is 0.625. The molecule has 5 heteroatoms. The molecule has 21 heavy (non-hydrogen) atoms. The number of halogens is 1. The van der Waals surface area contributed by atoms with Crippen LogP contribution in [0.4, 0.5) is 0 Å². The molecule has 0 spiro atoms. The van der Waals surface area contributed by atoms with Gasteiger partial charge in [0, 0.05) is 22.6 Å². The molecule has 4 nitrogen and oxygen atoms in total. The predicted molar refractivity (Wildman–Crippen MR) is 89.1 cm³/mol. The molecule has 1 fully saturated rings. The zero-order chi connectivity index (χ0) is 15.6. The third-order valence-electron chi connectivity index (χ3n) is 4.43. The minimum Gasteiger partial charge on any atom is -0.493 e. The lowest BCUT2D eigenvalue weighted by molar-refractivity contribution is 0.118. The average molecular weight is 357 g/mol. The molecule has 0 amide bonds. The summed E-state index contributed by atoms with van der Waals surface area (Å²) in [5.41, 5.74) is 7.44. The summed E-state index contributed by atoms with van der Waals surface area (Å²) in [4.78, 5) is 2.50. The standard InChI is InChI=1S/C16H25BrN2O2/c1-16(2)6-5-7-19(16)13(10-18)11-8-14(20-3)15(21-4)9-12(11)17/h8-9,13H,5-7,10,18H2,1-4H3. The van der Waals surface area contributed by atoms with E-state index in [0.717, 1.165) is 28.1 Å². The zero-order valence-corrected chi connectivity index (χ0v) is 14.9. The molecule has 1 unspecified atom stereocenters. The largest absolute Gasteiger partial charge is 0.493 e. The molecule has 2 N–H and O–H groups in total. The number of nitrogens with zero attached hydrogens (tertiary/aromatic N) is 1. The van der Waals surface area contributed by atoms with Gasteiger partial charge in [0.15, 0.2) is 11.5 Å². The van der Waals surface area contributed by atoms with E-state index in [4.69, 9.17) is 15.2 Å². The number of ether oxygens (including phenoxy) is 2. The molecule has 1 atom stereocenters. The first-order valence-corrected chi connectivity index (χ1v) is 8.12. The number of nitrogens with two attached hydrogens (primary N) is 1. The van der Waals surface area contributed by atoms with Crippen molar-refractivity contribution in [2.75, 3.05) is 27.3 Å². The van der Waals surface area contributed by atoms with Crippen LogP contribution in [-0.4, -0.2) is 37.7 Å². The van der Waals surface area contributed by atoms with Gasteiger partial charge >= 0.3 is 0 Å². The van der Waals surface area contributed by atoms with Crippen molar-refractivity contribution >= 4 is 15.9 Å². The van der Waals surface area contributed by atoms with E-state index in [1.54, 1.807) is 14.2 Å². The second kappa shape index (κ2) is 6.55. The topological polar surface area (TPSA) is 47.7 Å². The normalized spacial score (nSPS) is 19.5. The number of likely N-dealkylation sites (tertiary alicyclic amines) is 1. The van der Waals surface area contributed by atoms with Crippen LogP contribution in [0.25, 0.3) is 0 Å². The monoisotopic (exact) mass is 356 g/mol. The third kappa shape index (κ3) is 3.20. The van der Waals surface area contributed by atoms with Crippen molar-refractivity contribution in [2.24, 2.45) is 5.73 Å². The number of benzene rings is 1. The van der Waals surface area contributed by atoms with Gasteiger partial charge in [-0.15, -0.1) is 0 Å². The van der Waals surface area contributed by atoms with E-state index in [1.165, 1.54) is 12.8 Å². The Morgan fingerprint density at radius 2 is 1.90 bits per heavy atom. The molecule has 1 heterocycles. The van der Waals surface area contributed by atoms with Crippen molar-refractivity contribution in [3.63, 3.8) is 0 Å². The summed E-state index contributed by atoms with van der Waals surface area (Å²) < 4.78 is 11.8. The van der Waals surface area contributed by atoms with Gasteiger partial charge in [0.1, 0.15) is 0 Å². The quantitative estimate of drug-likeness (QED) is 0.878. The highest BCUT2D eigenvalue weighted by atomic mass is 79.9. The molecule has 0 saturated carbocycles. The summed E-state index contributed by atoms with van der Waals surface area (Å²) in [6.45, 7) is 6.24. The second-order valence-corrected chi connectivity index (χ2v) is 6.94. The van der Waals surface area contributed by atoms with Crippen LogP contribution < -0.4 is 15.2 Å². The van der Waals surface area contributed by atoms with Crippen LogP contribution >= 0.6 is 15.9 Å². The minimum atomic E-state index is 0.177. The summed E-state index contributed by atoms with van der Waals surface area (Å²) >= 11 is 3.66. The van der Waals surface area contributed by atoms with Gasteiger partial charge in [0.2, 0.25) is 0 Å². The van der Waals surface area contributed by atoms with E-state index in [2.05, 4.69) is 34.7 Å². The average Bonchev–Trinajstić information content (AvgIpc) is 2.80. The molecule has 1 aromatic carbocycles. The van der Waals surface area contributed by atoms with Crippen molar-refractivity contribution in [1.29, 1.82) is 0 Å². The molecule has 2 rings (SSSR count). The molecule has 0 radical (unpaired) electrons. The summed E-state index contributed by atoms with van der Waals surface area (Å²) in [5, 5.41) is 0. The smallest absolute Gasteiger partial charge is 0.161 e. The lowest BCUT2D eigenvalue weighted by Gasteiger charge is -2.38. The van der Waals surface area contributed by atoms with Gasteiger partial charge in [-0.3, -0.25) is 4.90 Å². The molecule has 0 bridgehead atoms. The highest BCUT2D eigenvalue weighted by Crippen LogP contribution is 2.41. The Hall–Kier alpha value is -0.780. The highest BCUT2D eigenvalue weighted by Gasteiger charge is 2.37. The molecule has 1 aromatic rings. The van der Waals surface area contributed by atoms with Crippen molar-refractivity contribution in [3.8, 4) is 11.5 Å². The summed E-state index contributed by atoms with van der Waals surface area (Å²) in [6.07, 6.45) is 2.42. The molecule has 0 aliphatic carbocycles. The first-order chi connectivity index (χ1) is 9.94. The van der Waals surface area contributed by atoms with E-state index >= 15 is 0 Å². The van der Waals surface area contributed by atoms with Crippen LogP contribution in [0.15, 0.2) is 16.6 Å². The fourth-order valence-corrected chi connectivity index (χ4v) is 3.84. The Labute approximate surface area is 135 Å². The van der Waals surface area contributed by atoms with Gasteiger partial charge in [-0.25, -0.2) is 0 Å². The van der Waals surface area contributed by atoms with Crippen molar-refractivity contribution in [1.82, 2.24) is 4.90 Å². The summed E-state index contributed by atoms with van der Waals surface area (Å²) in [5.74, 6) is 1.47. The Morgan fingerprint density at radius 1 is 1.29 bits per heavy atom. The predicted octanol–water partition coefficient (Wildman–Crippen LogP) is 3.34. The van der Waals surface area contributed by atoms with Crippen LogP contribution in [0, 0.1) is 0 Å². The maximum absolute atomic E-state index is 6.10. The van der Waals surface area contributed by atoms with Gasteiger partial charge in [-0.1, -0.05) is 15.9 Å². The molecule has 0 aromatic heterocycles. The number of hydrogen-bond acceptors (Lipinski definition) is 4. The van der Waals surface area contributed by atoms with Gasteiger partial charge in [0.05, 0.1) is 14.2 Å². The Balaban J connectivity index is 2.43. The lowest BCUT2D eigenvalue weighted by Crippen LogP contribution is -2.43. The maximum atomic E-state index is 6.10. The number of methoxy groups -OCH3 is 2. The van der Waals surface area contributed by atoms with Gasteiger partial charge < -0.3 is 15.2 Å². The van der Waals surface area contributed by atoms with Crippen LogP contribution in [0.5, 0.6) is 11.5 Å². The first kappa shape index (κ1) is 16.6. The molecule has 1 aliphatic heterocycles. The number of hydrogen-bond donors (Lipinski definition) is 1. The third-order valence-corrected chi connectivity index (χ3v) is 5.11. The Bertz CT molecular complexity index is 505. The lowest BCUT2D eigenvalue weighted by atomic mass is 9.97. The Morgan fingerprint density at radius 3 is 2.38 bits per heavy atom. The van der Waals surface area contributed by atoms with Crippen molar-refractivity contribution < 1.29 is 9.47 Å². The second-order valence-electron chi connectivity index (χ2n) is 6.09. The van der Waals surface area contributed by atoms with E-state index in [-0.39, 0.29) is 11.6 Å². The molecule has 1 aliphatic rings. The van der Waals surface area contributed by atoms with Gasteiger partial charge in [-0.2, -0.15) is 0 Å². The zero-order valence-electron chi connectivity index (χ0n) is 13.3. The maximum Gasteiger partial charge on any atom is 0.161 e. The Kier molecular flexibility index (Phi) is 5.17. The van der Waals surface area contributed by atoms with E-state index in [0.29, 0.717) is 6.54 Å². The molecule has 118 valence electrons. The van der Waals surface area contributed by atoms with Crippen molar-refractivity contribution in [2.45, 2.75) is 38.3 Å². The summed E-state index contributed by atoms with van der Waals surface area (Å²) in [7, 11) is 3.31. The fourth-order valence-electron chi connectivity index (χ4n) is 3.25. The van der Waals surface area contributed by atoms with E-state index < -0.39 is 0 Å².